The molecule has 1 aliphatic carbocycles. The van der Waals surface area contributed by atoms with Crippen LogP contribution in [0.25, 0.3) is 0 Å². The zero-order valence-corrected chi connectivity index (χ0v) is 15.2. The summed E-state index contributed by atoms with van der Waals surface area (Å²) in [5.74, 6) is 0.774. The summed E-state index contributed by atoms with van der Waals surface area (Å²) in [6.07, 6.45) is 7.86. The van der Waals surface area contributed by atoms with Gasteiger partial charge in [0.05, 0.1) is 0 Å². The number of halogens is 1. The van der Waals surface area contributed by atoms with Crippen molar-refractivity contribution in [2.45, 2.75) is 50.5 Å². The molecule has 0 radical (unpaired) electrons. The van der Waals surface area contributed by atoms with Crippen molar-refractivity contribution < 1.29 is 0 Å². The summed E-state index contributed by atoms with van der Waals surface area (Å²) < 4.78 is 0. The van der Waals surface area contributed by atoms with Crippen LogP contribution in [-0.4, -0.2) is 24.0 Å². The lowest BCUT2D eigenvalue weighted by Gasteiger charge is -2.37. The summed E-state index contributed by atoms with van der Waals surface area (Å²) in [6.45, 7) is 2.56. The summed E-state index contributed by atoms with van der Waals surface area (Å²) >= 11 is 0. The molecule has 1 saturated heterocycles. The summed E-state index contributed by atoms with van der Waals surface area (Å²) in [5.41, 5.74) is 4.73. The van der Waals surface area contributed by atoms with Gasteiger partial charge in [0.25, 0.3) is 0 Å². The molecule has 2 aromatic carbocycles. The first-order valence-corrected chi connectivity index (χ1v) is 9.26. The van der Waals surface area contributed by atoms with Crippen molar-refractivity contribution in [1.29, 1.82) is 0 Å². The molecule has 0 atom stereocenters. The Kier molecular flexibility index (Phi) is 5.97. The number of benzene rings is 2. The summed E-state index contributed by atoms with van der Waals surface area (Å²) in [5, 5.41) is 0. The molecule has 0 unspecified atom stereocenters. The third-order valence-corrected chi connectivity index (χ3v) is 5.93. The smallest absolute Gasteiger partial charge is 0.0102 e. The quantitative estimate of drug-likeness (QED) is 0.675. The number of nitrogens with zero attached hydrogens (tertiary/aromatic N) is 1. The van der Waals surface area contributed by atoms with Gasteiger partial charge >= 0.3 is 0 Å². The van der Waals surface area contributed by atoms with Crippen LogP contribution in [0.15, 0.2) is 54.6 Å². The number of aryl methyl sites for hydroxylation is 2. The van der Waals surface area contributed by atoms with E-state index < -0.39 is 0 Å². The number of rotatable bonds is 2. The van der Waals surface area contributed by atoms with Gasteiger partial charge in [-0.15, -0.1) is 12.4 Å². The van der Waals surface area contributed by atoms with Crippen LogP contribution in [0, 0.1) is 0 Å². The average Bonchev–Trinajstić information content (AvgIpc) is 2.85. The van der Waals surface area contributed by atoms with Crippen LogP contribution in [0.2, 0.25) is 0 Å². The van der Waals surface area contributed by atoms with Crippen molar-refractivity contribution in [2.75, 3.05) is 13.1 Å². The lowest BCUT2D eigenvalue weighted by molar-refractivity contribution is 0.139. The number of hydrogen-bond donors (Lipinski definition) is 0. The minimum absolute atomic E-state index is 0. The molecule has 1 aliphatic heterocycles. The van der Waals surface area contributed by atoms with Crippen molar-refractivity contribution in [3.8, 4) is 0 Å². The van der Waals surface area contributed by atoms with E-state index in [-0.39, 0.29) is 12.4 Å². The van der Waals surface area contributed by atoms with E-state index in [4.69, 9.17) is 0 Å². The molecule has 128 valence electrons. The van der Waals surface area contributed by atoms with Gasteiger partial charge in [-0.3, -0.25) is 0 Å². The topological polar surface area (TPSA) is 3.24 Å². The second kappa shape index (κ2) is 8.18. The van der Waals surface area contributed by atoms with E-state index in [1.165, 1.54) is 51.6 Å². The molecule has 24 heavy (non-hydrogen) atoms. The van der Waals surface area contributed by atoms with Gasteiger partial charge in [-0.25, -0.2) is 0 Å². The van der Waals surface area contributed by atoms with Gasteiger partial charge in [-0.2, -0.15) is 0 Å². The molecule has 0 spiro atoms. The van der Waals surface area contributed by atoms with Crippen molar-refractivity contribution in [3.63, 3.8) is 0 Å². The number of fused-ring (bicyclic) bond motifs is 1. The Morgan fingerprint density at radius 3 is 1.79 bits per heavy atom. The standard InChI is InChI=1S/C22H27N.ClH/c1-2-6-18(7-3-1)21-14-16-23(17-15-21)22-12-10-19-8-4-5-9-20(19)11-13-22;/h1-9,21-22H,10-17H2;1H. The highest BCUT2D eigenvalue weighted by Crippen LogP contribution is 2.31. The zero-order valence-electron chi connectivity index (χ0n) is 14.4. The fraction of sp³-hybridized carbons (Fsp3) is 0.455. The maximum Gasteiger partial charge on any atom is 0.0102 e. The number of likely N-dealkylation sites (tertiary alicyclic amines) is 1. The molecular formula is C22H28ClN. The van der Waals surface area contributed by atoms with E-state index in [2.05, 4.69) is 59.5 Å². The van der Waals surface area contributed by atoms with Crippen LogP contribution < -0.4 is 0 Å². The van der Waals surface area contributed by atoms with Crippen LogP contribution in [0.4, 0.5) is 0 Å². The second-order valence-electron chi connectivity index (χ2n) is 7.22. The number of piperidine rings is 1. The fourth-order valence-corrected chi connectivity index (χ4v) is 4.52. The van der Waals surface area contributed by atoms with Crippen molar-refractivity contribution >= 4 is 12.4 Å². The summed E-state index contributed by atoms with van der Waals surface area (Å²) in [6, 6.07) is 21.0. The van der Waals surface area contributed by atoms with E-state index in [0.717, 1.165) is 12.0 Å². The predicted molar refractivity (Wildman–Crippen MR) is 104 cm³/mol. The minimum Gasteiger partial charge on any atom is -0.300 e. The minimum atomic E-state index is 0. The Labute approximate surface area is 152 Å². The van der Waals surface area contributed by atoms with Gasteiger partial charge in [-0.1, -0.05) is 54.6 Å². The highest BCUT2D eigenvalue weighted by molar-refractivity contribution is 5.85. The second-order valence-corrected chi connectivity index (χ2v) is 7.22. The summed E-state index contributed by atoms with van der Waals surface area (Å²) in [7, 11) is 0. The average molecular weight is 342 g/mol. The first kappa shape index (κ1) is 17.5. The van der Waals surface area contributed by atoms with Gasteiger partial charge in [0.2, 0.25) is 0 Å². The third-order valence-electron chi connectivity index (χ3n) is 5.93. The first-order chi connectivity index (χ1) is 11.4. The van der Waals surface area contributed by atoms with E-state index in [9.17, 15) is 0 Å². The van der Waals surface area contributed by atoms with Crippen molar-refractivity contribution in [2.24, 2.45) is 0 Å². The van der Waals surface area contributed by atoms with Crippen LogP contribution in [0.5, 0.6) is 0 Å². The largest absolute Gasteiger partial charge is 0.300 e. The zero-order chi connectivity index (χ0) is 15.5. The molecule has 2 aliphatic rings. The van der Waals surface area contributed by atoms with Crippen molar-refractivity contribution in [3.05, 3.63) is 71.3 Å². The highest BCUT2D eigenvalue weighted by Gasteiger charge is 2.27. The maximum atomic E-state index is 2.78. The van der Waals surface area contributed by atoms with Gasteiger partial charge in [0, 0.05) is 6.04 Å². The molecule has 1 nitrogen and oxygen atoms in total. The fourth-order valence-electron chi connectivity index (χ4n) is 4.52. The number of hydrogen-bond acceptors (Lipinski definition) is 1. The Morgan fingerprint density at radius 2 is 1.21 bits per heavy atom. The molecule has 0 amide bonds. The van der Waals surface area contributed by atoms with Crippen LogP contribution >= 0.6 is 12.4 Å². The van der Waals surface area contributed by atoms with Gasteiger partial charge in [0.15, 0.2) is 0 Å². The molecule has 2 heteroatoms. The SMILES string of the molecule is Cl.c1ccc(C2CCN(C3CCc4ccccc4CC3)CC2)cc1. The monoisotopic (exact) mass is 341 g/mol. The highest BCUT2D eigenvalue weighted by atomic mass is 35.5. The first-order valence-electron chi connectivity index (χ1n) is 9.26. The van der Waals surface area contributed by atoms with E-state index in [0.29, 0.717) is 0 Å². The van der Waals surface area contributed by atoms with Gasteiger partial charge in [0.1, 0.15) is 0 Å². The molecular weight excluding hydrogens is 314 g/mol. The predicted octanol–water partition coefficient (Wildman–Crippen LogP) is 5.24. The van der Waals surface area contributed by atoms with E-state index >= 15 is 0 Å². The third kappa shape index (κ3) is 3.84. The Balaban J connectivity index is 0.00000169. The molecule has 0 bridgehead atoms. The summed E-state index contributed by atoms with van der Waals surface area (Å²) in [4.78, 5) is 2.78. The Bertz CT molecular complexity index is 604. The molecule has 1 fully saturated rings. The van der Waals surface area contributed by atoms with Crippen molar-refractivity contribution in [1.82, 2.24) is 4.90 Å². The lowest BCUT2D eigenvalue weighted by Crippen LogP contribution is -2.41. The molecule has 0 aromatic heterocycles. The lowest BCUT2D eigenvalue weighted by atomic mass is 9.88. The molecule has 4 rings (SSSR count). The van der Waals surface area contributed by atoms with Gasteiger partial charge in [-0.05, 0) is 74.2 Å². The molecule has 0 N–H and O–H groups in total. The van der Waals surface area contributed by atoms with Crippen LogP contribution in [0.3, 0.4) is 0 Å². The Morgan fingerprint density at radius 1 is 0.667 bits per heavy atom. The Hall–Kier alpha value is -1.31. The normalized spacial score (nSPS) is 20.0. The maximum absolute atomic E-state index is 2.78. The molecule has 0 saturated carbocycles. The molecule has 2 aromatic rings. The van der Waals surface area contributed by atoms with Crippen LogP contribution in [0.1, 0.15) is 48.3 Å². The molecule has 1 heterocycles. The van der Waals surface area contributed by atoms with Crippen LogP contribution in [-0.2, 0) is 12.8 Å². The van der Waals surface area contributed by atoms with E-state index in [1.807, 2.05) is 0 Å². The van der Waals surface area contributed by atoms with E-state index in [1.54, 1.807) is 16.7 Å². The van der Waals surface area contributed by atoms with Gasteiger partial charge < -0.3 is 4.90 Å².